The summed E-state index contributed by atoms with van der Waals surface area (Å²) < 4.78 is 5.38. The fourth-order valence-corrected chi connectivity index (χ4v) is 2.75. The molecule has 0 amide bonds. The van der Waals surface area contributed by atoms with Crippen molar-refractivity contribution in [2.45, 2.75) is 25.7 Å². The van der Waals surface area contributed by atoms with Crippen LogP contribution in [0, 0.1) is 11.8 Å². The molecule has 4 heteroatoms. The summed E-state index contributed by atoms with van der Waals surface area (Å²) in [6.07, 6.45) is 6.49. The number of carbonyl (C=O) groups is 2. The van der Waals surface area contributed by atoms with Gasteiger partial charge in [0.15, 0.2) is 12.4 Å². The van der Waals surface area contributed by atoms with Crippen LogP contribution in [-0.2, 0) is 9.59 Å². The van der Waals surface area contributed by atoms with Gasteiger partial charge in [0, 0.05) is 6.42 Å². The molecule has 1 aliphatic rings. The smallest absolute Gasteiger partial charge is 0.303 e. The lowest BCUT2D eigenvalue weighted by molar-refractivity contribution is -0.138. The van der Waals surface area contributed by atoms with Crippen molar-refractivity contribution in [3.8, 4) is 5.75 Å². The maximum atomic E-state index is 11.8. The zero-order chi connectivity index (χ0) is 15.1. The van der Waals surface area contributed by atoms with Crippen LogP contribution in [0.4, 0.5) is 0 Å². The third kappa shape index (κ3) is 5.06. The molecule has 0 saturated heterocycles. The van der Waals surface area contributed by atoms with Crippen LogP contribution < -0.4 is 4.74 Å². The summed E-state index contributed by atoms with van der Waals surface area (Å²) >= 11 is 0. The van der Waals surface area contributed by atoms with Crippen LogP contribution in [0.2, 0.25) is 0 Å². The van der Waals surface area contributed by atoms with E-state index in [1.54, 1.807) is 12.1 Å². The molecule has 0 radical (unpaired) electrons. The van der Waals surface area contributed by atoms with Crippen LogP contribution >= 0.6 is 0 Å². The molecule has 1 aliphatic carbocycles. The molecule has 0 heterocycles. The van der Waals surface area contributed by atoms with E-state index in [1.807, 2.05) is 24.3 Å². The van der Waals surface area contributed by atoms with Crippen LogP contribution in [0.3, 0.4) is 0 Å². The topological polar surface area (TPSA) is 63.6 Å². The van der Waals surface area contributed by atoms with Gasteiger partial charge in [-0.15, -0.1) is 0 Å². The molecule has 2 atom stereocenters. The number of benzene rings is 1. The van der Waals surface area contributed by atoms with Crippen molar-refractivity contribution < 1.29 is 19.4 Å². The van der Waals surface area contributed by atoms with E-state index in [0.717, 1.165) is 19.3 Å². The Morgan fingerprint density at radius 2 is 2.00 bits per heavy atom. The third-order valence-electron chi connectivity index (χ3n) is 3.81. The van der Waals surface area contributed by atoms with E-state index in [9.17, 15) is 9.59 Å². The molecule has 1 N–H and O–H groups in total. The van der Waals surface area contributed by atoms with Crippen LogP contribution in [0.15, 0.2) is 42.5 Å². The Kier molecular flexibility index (Phi) is 5.55. The number of para-hydroxylation sites is 1. The van der Waals surface area contributed by atoms with E-state index in [2.05, 4.69) is 0 Å². The van der Waals surface area contributed by atoms with Crippen molar-refractivity contribution in [2.75, 3.05) is 6.61 Å². The highest BCUT2D eigenvalue weighted by Gasteiger charge is 2.27. The lowest BCUT2D eigenvalue weighted by Crippen LogP contribution is -2.12. The Labute approximate surface area is 124 Å². The first-order valence-corrected chi connectivity index (χ1v) is 7.26. The number of ketones is 1. The first kappa shape index (κ1) is 15.3. The SMILES string of the molecule is O=C(O)C[C@H]1CCCC1/C=C/C(=O)COc1ccccc1. The van der Waals surface area contributed by atoms with Gasteiger partial charge in [-0.25, -0.2) is 0 Å². The van der Waals surface area contributed by atoms with Crippen LogP contribution in [-0.4, -0.2) is 23.5 Å². The molecule has 0 spiro atoms. The molecule has 1 aromatic rings. The minimum absolute atomic E-state index is 0.0107. The van der Waals surface area contributed by atoms with Gasteiger partial charge in [-0.3, -0.25) is 9.59 Å². The van der Waals surface area contributed by atoms with Gasteiger partial charge >= 0.3 is 5.97 Å². The number of ether oxygens (including phenoxy) is 1. The number of aliphatic carboxylic acids is 1. The maximum Gasteiger partial charge on any atom is 0.303 e. The Bertz CT molecular complexity index is 507. The number of allylic oxidation sites excluding steroid dienone is 1. The third-order valence-corrected chi connectivity index (χ3v) is 3.81. The predicted octanol–water partition coefficient (Wildman–Crippen LogP) is 3.08. The number of carboxylic acids is 1. The molecule has 1 saturated carbocycles. The van der Waals surface area contributed by atoms with Crippen molar-refractivity contribution >= 4 is 11.8 Å². The van der Waals surface area contributed by atoms with Gasteiger partial charge in [-0.1, -0.05) is 30.7 Å². The summed E-state index contributed by atoms with van der Waals surface area (Å²) in [5, 5.41) is 8.87. The average molecular weight is 288 g/mol. The molecule has 21 heavy (non-hydrogen) atoms. The van der Waals surface area contributed by atoms with Crippen molar-refractivity contribution in [3.05, 3.63) is 42.5 Å². The number of carboxylic acid groups (broad SMARTS) is 1. The van der Waals surface area contributed by atoms with Gasteiger partial charge < -0.3 is 9.84 Å². The summed E-state index contributed by atoms with van der Waals surface area (Å²) in [4.78, 5) is 22.6. The highest BCUT2D eigenvalue weighted by atomic mass is 16.5. The van der Waals surface area contributed by atoms with Gasteiger partial charge in [-0.2, -0.15) is 0 Å². The minimum atomic E-state index is -0.765. The normalized spacial score (nSPS) is 21.5. The largest absolute Gasteiger partial charge is 0.485 e. The highest BCUT2D eigenvalue weighted by Crippen LogP contribution is 2.34. The van der Waals surface area contributed by atoms with E-state index in [4.69, 9.17) is 9.84 Å². The first-order valence-electron chi connectivity index (χ1n) is 7.26. The van der Waals surface area contributed by atoms with Crippen molar-refractivity contribution in [1.29, 1.82) is 0 Å². The first-order chi connectivity index (χ1) is 10.1. The van der Waals surface area contributed by atoms with E-state index in [0.29, 0.717) is 5.75 Å². The molecule has 0 bridgehead atoms. The second kappa shape index (κ2) is 7.62. The second-order valence-electron chi connectivity index (χ2n) is 5.38. The zero-order valence-corrected chi connectivity index (χ0v) is 11.9. The molecular weight excluding hydrogens is 268 g/mol. The molecule has 4 nitrogen and oxygen atoms in total. The second-order valence-corrected chi connectivity index (χ2v) is 5.38. The van der Waals surface area contributed by atoms with Gasteiger partial charge in [0.2, 0.25) is 0 Å². The van der Waals surface area contributed by atoms with Gasteiger partial charge in [-0.05, 0) is 42.9 Å². The molecular formula is C17H20O4. The molecule has 0 aliphatic heterocycles. The summed E-state index contributed by atoms with van der Waals surface area (Å²) in [6.45, 7) is 0.0107. The Morgan fingerprint density at radius 3 is 2.71 bits per heavy atom. The van der Waals surface area contributed by atoms with E-state index < -0.39 is 5.97 Å². The van der Waals surface area contributed by atoms with E-state index in [1.165, 1.54) is 6.08 Å². The van der Waals surface area contributed by atoms with Crippen LogP contribution in [0.5, 0.6) is 5.75 Å². The summed E-state index contributed by atoms with van der Waals surface area (Å²) in [7, 11) is 0. The maximum absolute atomic E-state index is 11.8. The molecule has 0 aromatic heterocycles. The highest BCUT2D eigenvalue weighted by molar-refractivity contribution is 5.90. The number of hydrogen-bond acceptors (Lipinski definition) is 3. The fraction of sp³-hybridized carbons (Fsp3) is 0.412. The van der Waals surface area contributed by atoms with Gasteiger partial charge in [0.25, 0.3) is 0 Å². The minimum Gasteiger partial charge on any atom is -0.485 e. The van der Waals surface area contributed by atoms with Crippen molar-refractivity contribution in [3.63, 3.8) is 0 Å². The lowest BCUT2D eigenvalue weighted by atomic mass is 9.92. The summed E-state index contributed by atoms with van der Waals surface area (Å²) in [5.74, 6) is 0.158. The summed E-state index contributed by atoms with van der Waals surface area (Å²) in [6, 6.07) is 9.19. The van der Waals surface area contributed by atoms with Crippen LogP contribution in [0.25, 0.3) is 0 Å². The van der Waals surface area contributed by atoms with Gasteiger partial charge in [0.05, 0.1) is 0 Å². The number of hydrogen-bond donors (Lipinski definition) is 1. The Balaban J connectivity index is 1.80. The quantitative estimate of drug-likeness (QED) is 0.783. The van der Waals surface area contributed by atoms with Gasteiger partial charge in [0.1, 0.15) is 5.75 Å². The molecule has 1 unspecified atom stereocenters. The molecule has 112 valence electrons. The predicted molar refractivity (Wildman–Crippen MR) is 79.2 cm³/mol. The Hall–Kier alpha value is -2.10. The number of rotatable bonds is 7. The van der Waals surface area contributed by atoms with Crippen molar-refractivity contribution in [2.24, 2.45) is 11.8 Å². The Morgan fingerprint density at radius 1 is 1.24 bits per heavy atom. The van der Waals surface area contributed by atoms with Crippen LogP contribution in [0.1, 0.15) is 25.7 Å². The average Bonchev–Trinajstić information content (AvgIpc) is 2.90. The fourth-order valence-electron chi connectivity index (χ4n) is 2.75. The lowest BCUT2D eigenvalue weighted by Gasteiger charge is -2.13. The molecule has 2 rings (SSSR count). The number of carbonyl (C=O) groups excluding carboxylic acids is 1. The summed E-state index contributed by atoms with van der Waals surface area (Å²) in [5.41, 5.74) is 0. The molecule has 1 aromatic carbocycles. The van der Waals surface area contributed by atoms with E-state index >= 15 is 0 Å². The van der Waals surface area contributed by atoms with Crippen molar-refractivity contribution in [1.82, 2.24) is 0 Å². The standard InChI is InChI=1S/C17H20O4/c18-15(12-21-16-7-2-1-3-8-16)10-9-13-5-4-6-14(13)11-17(19)20/h1-3,7-10,13-14H,4-6,11-12H2,(H,19,20)/b10-9+/t13?,14-/m1/s1. The molecule has 1 fully saturated rings. The monoisotopic (exact) mass is 288 g/mol. The zero-order valence-electron chi connectivity index (χ0n) is 11.9. The van der Waals surface area contributed by atoms with E-state index in [-0.39, 0.29) is 30.6 Å².